The zero-order valence-corrected chi connectivity index (χ0v) is 17.9. The third-order valence-electron chi connectivity index (χ3n) is 6.37. The minimum Gasteiger partial charge on any atom is -0.387 e. The van der Waals surface area contributed by atoms with Gasteiger partial charge in [-0.05, 0) is 56.1 Å². The molecule has 2 aromatic rings. The highest BCUT2D eigenvalue weighted by molar-refractivity contribution is 5.97. The van der Waals surface area contributed by atoms with Gasteiger partial charge >= 0.3 is 0 Å². The van der Waals surface area contributed by atoms with Crippen LogP contribution in [0.5, 0.6) is 0 Å². The minimum atomic E-state index is -0.591. The molecule has 0 spiro atoms. The Labute approximate surface area is 177 Å². The molecule has 162 valence electrons. The van der Waals surface area contributed by atoms with E-state index in [2.05, 4.69) is 9.80 Å². The first-order chi connectivity index (χ1) is 14.4. The van der Waals surface area contributed by atoms with Crippen LogP contribution in [0.4, 0.5) is 10.1 Å². The molecule has 1 amide bonds. The number of aryl methyl sites for hydroxylation is 2. The van der Waals surface area contributed by atoms with E-state index in [0.717, 1.165) is 56.1 Å². The average molecular weight is 415 g/mol. The van der Waals surface area contributed by atoms with Gasteiger partial charge in [-0.1, -0.05) is 0 Å². The minimum absolute atomic E-state index is 0.0424. The molecule has 2 aliphatic heterocycles. The summed E-state index contributed by atoms with van der Waals surface area (Å²) < 4.78 is 15.0. The molecule has 1 unspecified atom stereocenters. The molecule has 1 aromatic carbocycles. The van der Waals surface area contributed by atoms with E-state index in [0.29, 0.717) is 25.1 Å². The lowest BCUT2D eigenvalue weighted by Crippen LogP contribution is -2.47. The van der Waals surface area contributed by atoms with Crippen LogP contribution < -0.4 is 4.90 Å². The zero-order chi connectivity index (χ0) is 21.3. The largest absolute Gasteiger partial charge is 0.387 e. The molecule has 0 saturated carbocycles. The molecule has 6 nitrogen and oxygen atoms in total. The number of fused-ring (bicyclic) bond motifs is 1. The number of aliphatic hydroxyl groups excluding tert-OH is 1. The number of hydrogen-bond acceptors (Lipinski definition) is 4. The second-order valence-electron chi connectivity index (χ2n) is 8.44. The Morgan fingerprint density at radius 3 is 2.47 bits per heavy atom. The molecular weight excluding hydrogens is 383 g/mol. The summed E-state index contributed by atoms with van der Waals surface area (Å²) in [7, 11) is 1.89. The van der Waals surface area contributed by atoms with Crippen LogP contribution in [0.1, 0.15) is 40.6 Å². The molecule has 1 fully saturated rings. The van der Waals surface area contributed by atoms with Gasteiger partial charge in [0.25, 0.3) is 5.91 Å². The van der Waals surface area contributed by atoms with Gasteiger partial charge in [-0.25, -0.2) is 4.39 Å². The van der Waals surface area contributed by atoms with Crippen molar-refractivity contribution in [2.45, 2.75) is 25.9 Å². The number of piperazine rings is 1. The van der Waals surface area contributed by atoms with Crippen molar-refractivity contribution in [3.8, 4) is 0 Å². The fourth-order valence-electron chi connectivity index (χ4n) is 4.74. The Hall–Kier alpha value is -2.38. The standard InChI is InChI=1S/C23H31FN4O2/c1-17-16-25(2)22-20(29)8-11-28(23(30)21(17)22)10-3-9-26-12-14-27(15-13-26)19-6-4-18(24)5-7-19/h4-7,16,20,29H,3,8-15H2,1-2H3. The highest BCUT2D eigenvalue weighted by Crippen LogP contribution is 2.30. The fraction of sp³-hybridized carbons (Fsp3) is 0.522. The van der Waals surface area contributed by atoms with Crippen LogP contribution in [0.25, 0.3) is 0 Å². The smallest absolute Gasteiger partial charge is 0.256 e. The molecule has 1 atom stereocenters. The number of aromatic nitrogens is 1. The number of anilines is 1. The highest BCUT2D eigenvalue weighted by Gasteiger charge is 2.31. The van der Waals surface area contributed by atoms with E-state index in [-0.39, 0.29) is 11.7 Å². The van der Waals surface area contributed by atoms with Crippen LogP contribution in [0.2, 0.25) is 0 Å². The first-order valence-corrected chi connectivity index (χ1v) is 10.8. The lowest BCUT2D eigenvalue weighted by Gasteiger charge is -2.36. The van der Waals surface area contributed by atoms with Crippen LogP contribution in [0.3, 0.4) is 0 Å². The molecular formula is C23H31FN4O2. The van der Waals surface area contributed by atoms with Crippen molar-refractivity contribution >= 4 is 11.6 Å². The van der Waals surface area contributed by atoms with E-state index in [9.17, 15) is 14.3 Å². The van der Waals surface area contributed by atoms with Gasteiger partial charge in [0.2, 0.25) is 0 Å². The number of amides is 1. The fourth-order valence-corrected chi connectivity index (χ4v) is 4.74. The van der Waals surface area contributed by atoms with Crippen molar-refractivity contribution in [3.05, 3.63) is 53.1 Å². The summed E-state index contributed by atoms with van der Waals surface area (Å²) in [5.74, 6) is -0.161. The first-order valence-electron chi connectivity index (χ1n) is 10.8. The molecule has 0 aliphatic carbocycles. The Morgan fingerprint density at radius 1 is 1.07 bits per heavy atom. The van der Waals surface area contributed by atoms with E-state index in [1.54, 1.807) is 0 Å². The Bertz CT molecular complexity index is 887. The number of aliphatic hydroxyl groups is 1. The molecule has 0 bridgehead atoms. The summed E-state index contributed by atoms with van der Waals surface area (Å²) in [5, 5.41) is 10.5. The topological polar surface area (TPSA) is 52.0 Å². The van der Waals surface area contributed by atoms with Crippen molar-refractivity contribution in [3.63, 3.8) is 0 Å². The molecule has 0 radical (unpaired) electrons. The average Bonchev–Trinajstić information content (AvgIpc) is 2.97. The van der Waals surface area contributed by atoms with Crippen molar-refractivity contribution < 1.29 is 14.3 Å². The monoisotopic (exact) mass is 414 g/mol. The van der Waals surface area contributed by atoms with Crippen LogP contribution in [0.15, 0.2) is 30.5 Å². The molecule has 1 saturated heterocycles. The van der Waals surface area contributed by atoms with Gasteiger partial charge in [-0.3, -0.25) is 9.69 Å². The van der Waals surface area contributed by atoms with Crippen molar-refractivity contribution in [1.29, 1.82) is 0 Å². The number of halogens is 1. The van der Waals surface area contributed by atoms with Crippen LogP contribution in [-0.2, 0) is 7.05 Å². The second kappa shape index (κ2) is 8.78. The predicted molar refractivity (Wildman–Crippen MR) is 115 cm³/mol. The van der Waals surface area contributed by atoms with Crippen molar-refractivity contribution in [2.24, 2.45) is 7.05 Å². The highest BCUT2D eigenvalue weighted by atomic mass is 19.1. The number of carbonyl (C=O) groups is 1. The Kier molecular flexibility index (Phi) is 6.11. The summed E-state index contributed by atoms with van der Waals surface area (Å²) in [6.45, 7) is 7.96. The lowest BCUT2D eigenvalue weighted by atomic mass is 10.1. The number of benzene rings is 1. The predicted octanol–water partition coefficient (Wildman–Crippen LogP) is 2.56. The van der Waals surface area contributed by atoms with Gasteiger partial charge < -0.3 is 19.5 Å². The summed E-state index contributed by atoms with van der Waals surface area (Å²) in [6.07, 6.45) is 2.83. The molecule has 2 aliphatic rings. The molecule has 1 aromatic heterocycles. The lowest BCUT2D eigenvalue weighted by molar-refractivity contribution is 0.0737. The summed E-state index contributed by atoms with van der Waals surface area (Å²) >= 11 is 0. The van der Waals surface area contributed by atoms with Gasteiger partial charge in [0, 0.05) is 58.2 Å². The van der Waals surface area contributed by atoms with E-state index in [4.69, 9.17) is 0 Å². The van der Waals surface area contributed by atoms with Crippen LogP contribution in [-0.4, -0.2) is 71.2 Å². The third kappa shape index (κ3) is 4.23. The second-order valence-corrected chi connectivity index (χ2v) is 8.44. The van der Waals surface area contributed by atoms with Crippen LogP contribution in [0, 0.1) is 12.7 Å². The van der Waals surface area contributed by atoms with Gasteiger partial charge in [-0.2, -0.15) is 0 Å². The quantitative estimate of drug-likeness (QED) is 0.817. The molecule has 30 heavy (non-hydrogen) atoms. The third-order valence-corrected chi connectivity index (χ3v) is 6.37. The van der Waals surface area contributed by atoms with Crippen LogP contribution >= 0.6 is 0 Å². The zero-order valence-electron chi connectivity index (χ0n) is 17.9. The van der Waals surface area contributed by atoms with Crippen molar-refractivity contribution in [2.75, 3.05) is 50.7 Å². The van der Waals surface area contributed by atoms with Gasteiger partial charge in [0.15, 0.2) is 0 Å². The van der Waals surface area contributed by atoms with E-state index in [1.807, 2.05) is 41.8 Å². The first kappa shape index (κ1) is 20.9. The number of rotatable bonds is 5. The summed E-state index contributed by atoms with van der Waals surface area (Å²) in [5.41, 5.74) is 3.42. The molecule has 1 N–H and O–H groups in total. The van der Waals surface area contributed by atoms with E-state index >= 15 is 0 Å². The maximum Gasteiger partial charge on any atom is 0.256 e. The number of hydrogen-bond donors (Lipinski definition) is 1. The summed E-state index contributed by atoms with van der Waals surface area (Å²) in [4.78, 5) is 19.7. The number of carbonyl (C=O) groups excluding carboxylic acids is 1. The molecule has 4 rings (SSSR count). The van der Waals surface area contributed by atoms with E-state index in [1.165, 1.54) is 12.1 Å². The maximum absolute atomic E-state index is 13.1. The van der Waals surface area contributed by atoms with Gasteiger partial charge in [0.1, 0.15) is 5.82 Å². The number of nitrogens with zero attached hydrogens (tertiary/aromatic N) is 4. The van der Waals surface area contributed by atoms with Gasteiger partial charge in [0.05, 0.1) is 17.4 Å². The molecule has 7 heteroatoms. The maximum atomic E-state index is 13.1. The van der Waals surface area contributed by atoms with E-state index < -0.39 is 6.10 Å². The Balaban J connectivity index is 1.28. The van der Waals surface area contributed by atoms with Gasteiger partial charge in [-0.15, -0.1) is 0 Å². The normalized spacial score (nSPS) is 20.4. The summed E-state index contributed by atoms with van der Waals surface area (Å²) in [6, 6.07) is 6.70. The Morgan fingerprint density at radius 2 is 1.77 bits per heavy atom. The molecule has 3 heterocycles. The SMILES string of the molecule is Cc1cn(C)c2c1C(=O)N(CCCN1CCN(c3ccc(F)cc3)CC1)CCC2O. The van der Waals surface area contributed by atoms with Crippen molar-refractivity contribution in [1.82, 2.24) is 14.4 Å².